The van der Waals surface area contributed by atoms with Crippen LogP contribution < -0.4 is 9.80 Å². The summed E-state index contributed by atoms with van der Waals surface area (Å²) in [6.07, 6.45) is 4.40. The van der Waals surface area contributed by atoms with Gasteiger partial charge >= 0.3 is 0 Å². The maximum atomic E-state index is 6.38. The molecule has 2 heterocycles. The van der Waals surface area contributed by atoms with E-state index in [1.165, 1.54) is 11.1 Å². The summed E-state index contributed by atoms with van der Waals surface area (Å²) in [5.74, 6) is 1.79. The minimum absolute atomic E-state index is 0.757. The summed E-state index contributed by atoms with van der Waals surface area (Å²) < 4.78 is 1.13. The van der Waals surface area contributed by atoms with Gasteiger partial charge in [-0.05, 0) is 29.7 Å². The van der Waals surface area contributed by atoms with Gasteiger partial charge in [-0.3, -0.25) is 0 Å². The van der Waals surface area contributed by atoms with Crippen molar-refractivity contribution in [1.82, 2.24) is 9.97 Å². The number of rotatable bonds is 2. The predicted octanol–water partition coefficient (Wildman–Crippen LogP) is 3.52. The molecule has 0 saturated carbocycles. The van der Waals surface area contributed by atoms with Gasteiger partial charge in [0.2, 0.25) is 0 Å². The fourth-order valence-corrected chi connectivity index (χ4v) is 3.44. The topological polar surface area (TPSA) is 32.3 Å². The molecule has 1 aromatic heterocycles. The standard InChI is InChI=1S/C15H16BrClN4/c1-20(2)14-15(19-7-6-18-14)21-8-5-10-11(9-21)13(17)4-3-12(10)16/h3-4,6-7H,5,8-9H2,1-2H3. The van der Waals surface area contributed by atoms with Gasteiger partial charge in [0.25, 0.3) is 0 Å². The van der Waals surface area contributed by atoms with Crippen LogP contribution in [-0.4, -0.2) is 30.6 Å². The van der Waals surface area contributed by atoms with Gasteiger partial charge in [-0.15, -0.1) is 0 Å². The van der Waals surface area contributed by atoms with Crippen LogP contribution in [0.1, 0.15) is 11.1 Å². The summed E-state index contributed by atoms with van der Waals surface area (Å²) in [4.78, 5) is 13.2. The van der Waals surface area contributed by atoms with E-state index in [-0.39, 0.29) is 0 Å². The Hall–Kier alpha value is -1.33. The smallest absolute Gasteiger partial charge is 0.172 e. The van der Waals surface area contributed by atoms with E-state index in [4.69, 9.17) is 11.6 Å². The summed E-state index contributed by atoms with van der Waals surface area (Å²) in [6.45, 7) is 1.67. The van der Waals surface area contributed by atoms with Crippen molar-refractivity contribution in [2.24, 2.45) is 0 Å². The van der Waals surface area contributed by atoms with Gasteiger partial charge in [-0.1, -0.05) is 27.5 Å². The first-order valence-electron chi connectivity index (χ1n) is 6.77. The molecule has 2 aromatic rings. The zero-order valence-electron chi connectivity index (χ0n) is 12.0. The van der Waals surface area contributed by atoms with Crippen molar-refractivity contribution in [2.75, 3.05) is 30.4 Å². The van der Waals surface area contributed by atoms with Gasteiger partial charge in [0, 0.05) is 49.1 Å². The summed E-state index contributed by atoms with van der Waals surface area (Å²) in [6, 6.07) is 3.96. The first-order valence-corrected chi connectivity index (χ1v) is 7.94. The van der Waals surface area contributed by atoms with Crippen molar-refractivity contribution in [3.63, 3.8) is 0 Å². The van der Waals surface area contributed by atoms with Crippen LogP contribution >= 0.6 is 27.5 Å². The van der Waals surface area contributed by atoms with Crippen LogP contribution in [0.15, 0.2) is 29.0 Å². The van der Waals surface area contributed by atoms with Crippen LogP contribution in [0.3, 0.4) is 0 Å². The van der Waals surface area contributed by atoms with Crippen molar-refractivity contribution < 1.29 is 0 Å². The van der Waals surface area contributed by atoms with Crippen LogP contribution in [0.2, 0.25) is 5.02 Å². The largest absolute Gasteiger partial charge is 0.360 e. The van der Waals surface area contributed by atoms with Crippen molar-refractivity contribution in [2.45, 2.75) is 13.0 Å². The molecule has 0 atom stereocenters. The van der Waals surface area contributed by atoms with Crippen molar-refractivity contribution in [3.05, 3.63) is 45.1 Å². The Bertz CT molecular complexity index is 675. The van der Waals surface area contributed by atoms with Crippen LogP contribution in [0.5, 0.6) is 0 Å². The summed E-state index contributed by atoms with van der Waals surface area (Å²) in [5, 5.41) is 0.813. The lowest BCUT2D eigenvalue weighted by atomic mass is 10.00. The number of anilines is 2. The van der Waals surface area contributed by atoms with E-state index in [1.807, 2.05) is 31.1 Å². The quantitative estimate of drug-likeness (QED) is 0.813. The number of nitrogens with zero attached hydrogens (tertiary/aromatic N) is 4. The highest BCUT2D eigenvalue weighted by molar-refractivity contribution is 9.10. The Morgan fingerprint density at radius 2 is 1.95 bits per heavy atom. The minimum Gasteiger partial charge on any atom is -0.360 e. The molecule has 1 aliphatic heterocycles. The molecule has 110 valence electrons. The van der Waals surface area contributed by atoms with Crippen LogP contribution in [0.4, 0.5) is 11.6 Å². The Labute approximate surface area is 137 Å². The lowest BCUT2D eigenvalue weighted by Crippen LogP contribution is -2.33. The van der Waals surface area contributed by atoms with E-state index in [1.54, 1.807) is 12.4 Å². The average Bonchev–Trinajstić information content (AvgIpc) is 2.50. The molecule has 1 aromatic carbocycles. The van der Waals surface area contributed by atoms with Crippen LogP contribution in [0.25, 0.3) is 0 Å². The van der Waals surface area contributed by atoms with E-state index >= 15 is 0 Å². The summed E-state index contributed by atoms with van der Waals surface area (Å²) in [7, 11) is 3.96. The number of aromatic nitrogens is 2. The van der Waals surface area contributed by atoms with Crippen molar-refractivity contribution in [3.8, 4) is 0 Å². The maximum Gasteiger partial charge on any atom is 0.172 e. The van der Waals surface area contributed by atoms with E-state index in [2.05, 4.69) is 30.8 Å². The lowest BCUT2D eigenvalue weighted by molar-refractivity contribution is 0.715. The second kappa shape index (κ2) is 5.81. The number of fused-ring (bicyclic) bond motifs is 1. The highest BCUT2D eigenvalue weighted by atomic mass is 79.9. The van der Waals surface area contributed by atoms with Crippen molar-refractivity contribution >= 4 is 39.2 Å². The van der Waals surface area contributed by atoms with Crippen LogP contribution in [0, 0.1) is 0 Å². The predicted molar refractivity (Wildman–Crippen MR) is 90.3 cm³/mol. The zero-order chi connectivity index (χ0) is 15.0. The Kier molecular flexibility index (Phi) is 4.04. The number of hydrogen-bond donors (Lipinski definition) is 0. The normalized spacial score (nSPS) is 14.0. The summed E-state index contributed by atoms with van der Waals surface area (Å²) >= 11 is 9.99. The zero-order valence-corrected chi connectivity index (χ0v) is 14.3. The minimum atomic E-state index is 0.757. The first-order chi connectivity index (χ1) is 10.1. The SMILES string of the molecule is CN(C)c1nccnc1N1CCc2c(Br)ccc(Cl)c2C1. The fourth-order valence-electron chi connectivity index (χ4n) is 2.64. The summed E-state index contributed by atoms with van der Waals surface area (Å²) in [5.41, 5.74) is 2.47. The molecule has 0 spiro atoms. The molecule has 0 fully saturated rings. The molecule has 3 rings (SSSR count). The molecule has 6 heteroatoms. The molecule has 4 nitrogen and oxygen atoms in total. The van der Waals surface area contributed by atoms with E-state index in [0.29, 0.717) is 0 Å². The average molecular weight is 368 g/mol. The molecule has 0 unspecified atom stereocenters. The molecule has 0 N–H and O–H groups in total. The molecular formula is C15H16BrClN4. The van der Waals surface area contributed by atoms with Gasteiger partial charge in [-0.25, -0.2) is 9.97 Å². The second-order valence-corrected chi connectivity index (χ2v) is 6.52. The molecule has 1 aliphatic rings. The first kappa shape index (κ1) is 14.6. The Balaban J connectivity index is 1.99. The molecule has 0 aliphatic carbocycles. The third kappa shape index (κ3) is 2.72. The third-order valence-electron chi connectivity index (χ3n) is 3.68. The van der Waals surface area contributed by atoms with Gasteiger partial charge in [-0.2, -0.15) is 0 Å². The number of hydrogen-bond acceptors (Lipinski definition) is 4. The lowest BCUT2D eigenvalue weighted by Gasteiger charge is -2.32. The molecule has 0 bridgehead atoms. The Morgan fingerprint density at radius 3 is 2.71 bits per heavy atom. The monoisotopic (exact) mass is 366 g/mol. The molecule has 0 saturated heterocycles. The maximum absolute atomic E-state index is 6.38. The van der Waals surface area contributed by atoms with E-state index in [9.17, 15) is 0 Å². The van der Waals surface area contributed by atoms with Gasteiger partial charge < -0.3 is 9.80 Å². The number of halogens is 2. The molecule has 21 heavy (non-hydrogen) atoms. The number of benzene rings is 1. The highest BCUT2D eigenvalue weighted by Crippen LogP contribution is 2.34. The Morgan fingerprint density at radius 1 is 1.19 bits per heavy atom. The fraction of sp³-hybridized carbons (Fsp3) is 0.333. The molecule has 0 amide bonds. The third-order valence-corrected chi connectivity index (χ3v) is 4.78. The second-order valence-electron chi connectivity index (χ2n) is 5.26. The van der Waals surface area contributed by atoms with E-state index in [0.717, 1.165) is 40.6 Å². The van der Waals surface area contributed by atoms with Crippen LogP contribution in [-0.2, 0) is 13.0 Å². The van der Waals surface area contributed by atoms with Gasteiger partial charge in [0.05, 0.1) is 0 Å². The van der Waals surface area contributed by atoms with Gasteiger partial charge in [0.15, 0.2) is 11.6 Å². The van der Waals surface area contributed by atoms with E-state index < -0.39 is 0 Å². The van der Waals surface area contributed by atoms with Gasteiger partial charge in [0.1, 0.15) is 0 Å². The highest BCUT2D eigenvalue weighted by Gasteiger charge is 2.24. The van der Waals surface area contributed by atoms with Crippen molar-refractivity contribution in [1.29, 1.82) is 0 Å². The molecular weight excluding hydrogens is 352 g/mol. The molecule has 0 radical (unpaired) electrons.